The van der Waals surface area contributed by atoms with E-state index in [4.69, 9.17) is 16.3 Å². The number of hydrogen-bond acceptors (Lipinski definition) is 4. The van der Waals surface area contributed by atoms with Gasteiger partial charge in [0.05, 0.1) is 23.2 Å². The van der Waals surface area contributed by atoms with Gasteiger partial charge >= 0.3 is 5.97 Å². The lowest BCUT2D eigenvalue weighted by molar-refractivity contribution is -0.159. The molecule has 8 heteroatoms. The number of ether oxygens (including phenoxy) is 1. The van der Waals surface area contributed by atoms with Crippen molar-refractivity contribution < 1.29 is 18.3 Å². The lowest BCUT2D eigenvalue weighted by Crippen LogP contribution is -2.54. The molecule has 162 valence electrons. The smallest absolute Gasteiger partial charge is 0.312 e. The molecule has 1 aliphatic heterocycles. The van der Waals surface area contributed by atoms with Crippen LogP contribution in [-0.2, 0) is 22.5 Å². The number of benzene rings is 1. The van der Waals surface area contributed by atoms with Gasteiger partial charge in [0.25, 0.3) is 0 Å². The number of piperidine rings is 1. The maximum absolute atomic E-state index is 14.4. The molecule has 0 bridgehead atoms. The number of aromatic nitrogens is 1. The second kappa shape index (κ2) is 9.28. The van der Waals surface area contributed by atoms with Gasteiger partial charge < -0.3 is 4.74 Å². The molecule has 2 unspecified atom stereocenters. The molecule has 4 nitrogen and oxygen atoms in total. The highest BCUT2D eigenvalue weighted by Gasteiger charge is 2.48. The van der Waals surface area contributed by atoms with Gasteiger partial charge in [-0.3, -0.25) is 9.69 Å². The highest BCUT2D eigenvalue weighted by atomic mass is 79.9. The first-order chi connectivity index (χ1) is 14.2. The van der Waals surface area contributed by atoms with Crippen LogP contribution in [0.3, 0.4) is 0 Å². The summed E-state index contributed by atoms with van der Waals surface area (Å²) in [7, 11) is 1.35. The number of nitrogens with zero attached hydrogens (tertiary/aromatic N) is 2. The molecule has 0 amide bonds. The fourth-order valence-electron chi connectivity index (χ4n) is 4.56. The fraction of sp³-hybridized carbons (Fsp3) is 0.455. The van der Waals surface area contributed by atoms with Crippen LogP contribution in [0.4, 0.5) is 8.78 Å². The SMILES string of the molecule is COC(=O)C1(Cc2nc(Br)ccc2F)CC(C)N(Cc2cccc(Cl)c2F)C(C)C1. The van der Waals surface area contributed by atoms with Gasteiger partial charge in [0, 0.05) is 30.6 Å². The summed E-state index contributed by atoms with van der Waals surface area (Å²) in [6, 6.07) is 7.68. The molecular formula is C22H24BrClF2N2O2. The minimum Gasteiger partial charge on any atom is -0.469 e. The summed E-state index contributed by atoms with van der Waals surface area (Å²) < 4.78 is 34.5. The van der Waals surface area contributed by atoms with E-state index < -0.39 is 17.0 Å². The van der Waals surface area contributed by atoms with Crippen LogP contribution in [-0.4, -0.2) is 35.0 Å². The number of rotatable bonds is 5. The van der Waals surface area contributed by atoms with Gasteiger partial charge in [0.2, 0.25) is 0 Å². The van der Waals surface area contributed by atoms with E-state index in [-0.39, 0.29) is 35.2 Å². The van der Waals surface area contributed by atoms with Gasteiger partial charge in [0.1, 0.15) is 16.2 Å². The maximum Gasteiger partial charge on any atom is 0.312 e. The Kier molecular flexibility index (Phi) is 7.15. The Balaban J connectivity index is 1.88. The standard InChI is InChI=1S/C22H24BrClF2N2O2/c1-13-9-22(21(29)30-3,11-18-17(25)7-8-19(23)27-18)10-14(2)28(13)12-15-5-4-6-16(24)20(15)26/h4-8,13-14H,9-12H2,1-3H3. The van der Waals surface area contributed by atoms with E-state index in [1.165, 1.54) is 25.3 Å². The quantitative estimate of drug-likeness (QED) is 0.398. The number of halogens is 4. The number of likely N-dealkylation sites (tertiary alicyclic amines) is 1. The van der Waals surface area contributed by atoms with Crippen molar-refractivity contribution in [3.8, 4) is 0 Å². The van der Waals surface area contributed by atoms with Crippen LogP contribution in [0.1, 0.15) is 37.9 Å². The highest BCUT2D eigenvalue weighted by molar-refractivity contribution is 9.10. The van der Waals surface area contributed by atoms with Crippen LogP contribution in [0.25, 0.3) is 0 Å². The van der Waals surface area contributed by atoms with Crippen LogP contribution in [0.5, 0.6) is 0 Å². The highest BCUT2D eigenvalue weighted by Crippen LogP contribution is 2.43. The second-order valence-corrected chi connectivity index (χ2v) is 9.22. The Morgan fingerprint density at radius 1 is 1.27 bits per heavy atom. The summed E-state index contributed by atoms with van der Waals surface area (Å²) >= 11 is 9.19. The van der Waals surface area contributed by atoms with Crippen molar-refractivity contribution in [2.45, 2.75) is 51.7 Å². The summed E-state index contributed by atoms with van der Waals surface area (Å²) in [5, 5.41) is 0.0879. The zero-order chi connectivity index (χ0) is 22.1. The first-order valence-corrected chi connectivity index (χ1v) is 10.9. The molecule has 0 saturated carbocycles. The maximum atomic E-state index is 14.4. The summed E-state index contributed by atoms with van der Waals surface area (Å²) in [6.07, 6.45) is 1.03. The summed E-state index contributed by atoms with van der Waals surface area (Å²) in [6.45, 7) is 4.34. The molecule has 3 rings (SSSR count). The van der Waals surface area contributed by atoms with E-state index in [0.29, 0.717) is 29.6 Å². The Morgan fingerprint density at radius 2 is 1.93 bits per heavy atom. The van der Waals surface area contributed by atoms with Crippen molar-refractivity contribution in [3.05, 3.63) is 62.8 Å². The van der Waals surface area contributed by atoms with E-state index in [1.54, 1.807) is 12.1 Å². The van der Waals surface area contributed by atoms with Crippen molar-refractivity contribution in [1.82, 2.24) is 9.88 Å². The number of carbonyl (C=O) groups is 1. The van der Waals surface area contributed by atoms with Crippen LogP contribution >= 0.6 is 27.5 Å². The van der Waals surface area contributed by atoms with Crippen LogP contribution in [0.15, 0.2) is 34.9 Å². The van der Waals surface area contributed by atoms with Crippen molar-refractivity contribution in [2.75, 3.05) is 7.11 Å². The zero-order valence-corrected chi connectivity index (χ0v) is 19.4. The first-order valence-electron chi connectivity index (χ1n) is 9.75. The monoisotopic (exact) mass is 500 g/mol. The number of esters is 1. The molecule has 1 aromatic carbocycles. The third kappa shape index (κ3) is 4.68. The number of pyridine rings is 1. The molecule has 0 aliphatic carbocycles. The molecule has 0 spiro atoms. The Hall–Kier alpha value is -1.57. The minimum absolute atomic E-state index is 0.0681. The molecule has 1 saturated heterocycles. The van der Waals surface area contributed by atoms with E-state index in [2.05, 4.69) is 25.8 Å². The van der Waals surface area contributed by atoms with Gasteiger partial charge in [-0.25, -0.2) is 13.8 Å². The van der Waals surface area contributed by atoms with E-state index in [1.807, 2.05) is 13.8 Å². The number of hydrogen-bond donors (Lipinski definition) is 0. The molecule has 1 fully saturated rings. The molecule has 2 aromatic rings. The third-order valence-corrected chi connectivity index (χ3v) is 6.63. The number of methoxy groups -OCH3 is 1. The van der Waals surface area contributed by atoms with Crippen LogP contribution in [0.2, 0.25) is 5.02 Å². The van der Waals surface area contributed by atoms with Crippen molar-refractivity contribution in [2.24, 2.45) is 5.41 Å². The average molecular weight is 502 g/mol. The predicted octanol–water partition coefficient (Wildman–Crippen LogP) is 5.55. The fourth-order valence-corrected chi connectivity index (χ4v) is 5.10. The van der Waals surface area contributed by atoms with Gasteiger partial charge in [-0.2, -0.15) is 0 Å². The van der Waals surface area contributed by atoms with E-state index in [9.17, 15) is 13.6 Å². The van der Waals surface area contributed by atoms with Gasteiger partial charge in [-0.15, -0.1) is 0 Å². The third-order valence-electron chi connectivity index (χ3n) is 5.90. The van der Waals surface area contributed by atoms with Crippen molar-refractivity contribution >= 4 is 33.5 Å². The Bertz CT molecular complexity index is 931. The molecule has 1 aliphatic rings. The minimum atomic E-state index is -0.911. The van der Waals surface area contributed by atoms with Crippen LogP contribution < -0.4 is 0 Å². The molecule has 0 N–H and O–H groups in total. The Morgan fingerprint density at radius 3 is 2.57 bits per heavy atom. The summed E-state index contributed by atoms with van der Waals surface area (Å²) in [5.74, 6) is -1.26. The topological polar surface area (TPSA) is 42.4 Å². The van der Waals surface area contributed by atoms with Crippen LogP contribution in [0, 0.1) is 17.0 Å². The molecule has 2 atom stereocenters. The van der Waals surface area contributed by atoms with E-state index in [0.717, 1.165) is 0 Å². The normalized spacial score (nSPS) is 24.6. The lowest BCUT2D eigenvalue weighted by atomic mass is 9.69. The zero-order valence-electron chi connectivity index (χ0n) is 17.1. The van der Waals surface area contributed by atoms with Gasteiger partial charge in [-0.1, -0.05) is 23.7 Å². The summed E-state index contributed by atoms with van der Waals surface area (Å²) in [5.41, 5.74) is -0.180. The molecule has 30 heavy (non-hydrogen) atoms. The van der Waals surface area contributed by atoms with E-state index >= 15 is 0 Å². The van der Waals surface area contributed by atoms with Gasteiger partial charge in [-0.05, 0) is 60.8 Å². The predicted molar refractivity (Wildman–Crippen MR) is 115 cm³/mol. The first kappa shape index (κ1) is 23.1. The average Bonchev–Trinajstić information content (AvgIpc) is 2.70. The molecule has 0 radical (unpaired) electrons. The second-order valence-electron chi connectivity index (χ2n) is 8.00. The van der Waals surface area contributed by atoms with Crippen molar-refractivity contribution in [1.29, 1.82) is 0 Å². The largest absolute Gasteiger partial charge is 0.469 e. The number of carbonyl (C=O) groups excluding carboxylic acids is 1. The molecular weight excluding hydrogens is 478 g/mol. The van der Waals surface area contributed by atoms with Crippen molar-refractivity contribution in [3.63, 3.8) is 0 Å². The molecule has 1 aromatic heterocycles. The molecule has 2 heterocycles. The summed E-state index contributed by atoms with van der Waals surface area (Å²) in [4.78, 5) is 19.2. The Labute approximate surface area is 188 Å². The lowest BCUT2D eigenvalue weighted by Gasteiger charge is -2.48. The van der Waals surface area contributed by atoms with Gasteiger partial charge in [0.15, 0.2) is 0 Å².